The molecule has 1 aliphatic rings. The van der Waals surface area contributed by atoms with Crippen LogP contribution in [0.25, 0.3) is 0 Å². The number of carboxylic acids is 1. The summed E-state index contributed by atoms with van der Waals surface area (Å²) < 4.78 is 5.50. The third-order valence-corrected chi connectivity index (χ3v) is 6.90. The van der Waals surface area contributed by atoms with Gasteiger partial charge in [-0.1, -0.05) is 18.2 Å². The number of nitrogens with zero attached hydrogens (tertiary/aromatic N) is 3. The van der Waals surface area contributed by atoms with E-state index in [1.165, 1.54) is 11.8 Å². The Hall–Kier alpha value is -3.05. The number of aromatic nitrogens is 2. The number of thioether (sulfide) groups is 1. The van der Waals surface area contributed by atoms with E-state index in [0.717, 1.165) is 24.1 Å². The molecule has 2 unspecified atom stereocenters. The van der Waals surface area contributed by atoms with Crippen LogP contribution in [0.1, 0.15) is 30.5 Å². The first-order valence-electron chi connectivity index (χ1n) is 12.0. The Bertz CT molecular complexity index is 1000. The van der Waals surface area contributed by atoms with Gasteiger partial charge in [-0.25, -0.2) is 9.78 Å². The van der Waals surface area contributed by atoms with Gasteiger partial charge in [0.25, 0.3) is 0 Å². The van der Waals surface area contributed by atoms with Crippen molar-refractivity contribution in [3.05, 3.63) is 48.0 Å². The van der Waals surface area contributed by atoms with Crippen molar-refractivity contribution in [2.75, 3.05) is 38.8 Å². The number of carbonyl (C=O) groups is 3. The molecule has 2 aromatic rings. The van der Waals surface area contributed by atoms with Crippen molar-refractivity contribution in [3.8, 4) is 5.75 Å². The number of hydrogen-bond acceptors (Lipinski definition) is 7. The van der Waals surface area contributed by atoms with Crippen LogP contribution < -0.4 is 10.1 Å². The number of aliphatic carboxylic acids is 1. The highest BCUT2D eigenvalue weighted by Crippen LogP contribution is 2.23. The normalized spacial score (nSPS) is 16.2. The lowest BCUT2D eigenvalue weighted by atomic mass is 10.1. The van der Waals surface area contributed by atoms with E-state index in [0.29, 0.717) is 37.6 Å². The smallest absolute Gasteiger partial charge is 0.326 e. The summed E-state index contributed by atoms with van der Waals surface area (Å²) in [7, 11) is 1.60. The Morgan fingerprint density at radius 2 is 2.17 bits per heavy atom. The Balaban J connectivity index is 1.72. The highest BCUT2D eigenvalue weighted by Gasteiger charge is 2.31. The van der Waals surface area contributed by atoms with Gasteiger partial charge >= 0.3 is 5.97 Å². The molecule has 0 saturated carbocycles. The quantitative estimate of drug-likeness (QED) is 0.346. The highest BCUT2D eigenvalue weighted by atomic mass is 32.2. The molecule has 2 atom stereocenters. The Morgan fingerprint density at radius 3 is 2.86 bits per heavy atom. The zero-order valence-electron chi connectivity index (χ0n) is 20.8. The molecule has 0 aliphatic carbocycles. The van der Waals surface area contributed by atoms with Gasteiger partial charge in [-0.05, 0) is 37.3 Å². The van der Waals surface area contributed by atoms with E-state index in [-0.39, 0.29) is 30.8 Å². The molecule has 1 fully saturated rings. The van der Waals surface area contributed by atoms with Crippen molar-refractivity contribution in [1.82, 2.24) is 25.1 Å². The molecule has 196 valence electrons. The summed E-state index contributed by atoms with van der Waals surface area (Å²) in [5.41, 5.74) is 1.68. The summed E-state index contributed by atoms with van der Waals surface area (Å²) in [6, 6.07) is 6.63. The van der Waals surface area contributed by atoms with Gasteiger partial charge < -0.3 is 25.0 Å². The molecular weight excluding hydrogens is 482 g/mol. The maximum absolute atomic E-state index is 13.0. The lowest BCUT2D eigenvalue weighted by molar-refractivity contribution is -0.142. The van der Waals surface area contributed by atoms with Gasteiger partial charge in [-0.2, -0.15) is 11.8 Å². The fourth-order valence-electron chi connectivity index (χ4n) is 4.49. The van der Waals surface area contributed by atoms with Crippen LogP contribution in [0, 0.1) is 0 Å². The minimum atomic E-state index is -1.04. The van der Waals surface area contributed by atoms with E-state index < -0.39 is 12.0 Å². The van der Waals surface area contributed by atoms with E-state index >= 15 is 0 Å². The molecule has 2 heterocycles. The summed E-state index contributed by atoms with van der Waals surface area (Å²) in [5.74, 6) is -0.0272. The van der Waals surface area contributed by atoms with Crippen molar-refractivity contribution in [3.63, 3.8) is 0 Å². The minimum Gasteiger partial charge on any atom is -0.496 e. The number of methoxy groups -OCH3 is 1. The SMILES string of the molecule is COc1ccccc1CN(CC(=O)NC(CCSC)C(=O)O)CC1CCCN1C(=O)Cc1cnc[nH]1. The highest BCUT2D eigenvalue weighted by molar-refractivity contribution is 7.98. The monoisotopic (exact) mass is 517 g/mol. The molecule has 3 rings (SSSR count). The van der Waals surface area contributed by atoms with Crippen LogP contribution >= 0.6 is 11.8 Å². The Morgan fingerprint density at radius 1 is 1.36 bits per heavy atom. The Labute approximate surface area is 215 Å². The van der Waals surface area contributed by atoms with Crippen LogP contribution in [0.4, 0.5) is 0 Å². The van der Waals surface area contributed by atoms with Crippen molar-refractivity contribution in [2.24, 2.45) is 0 Å². The van der Waals surface area contributed by atoms with E-state index in [4.69, 9.17) is 4.74 Å². The predicted molar refractivity (Wildman–Crippen MR) is 138 cm³/mol. The second-order valence-electron chi connectivity index (χ2n) is 8.86. The van der Waals surface area contributed by atoms with Crippen molar-refractivity contribution in [2.45, 2.75) is 44.3 Å². The van der Waals surface area contributed by atoms with Gasteiger partial charge in [0, 0.05) is 43.1 Å². The number of nitrogens with one attached hydrogen (secondary N) is 2. The average Bonchev–Trinajstić information content (AvgIpc) is 3.54. The number of aromatic amines is 1. The van der Waals surface area contributed by atoms with Crippen LogP contribution in [0.3, 0.4) is 0 Å². The molecule has 10 nitrogen and oxygen atoms in total. The van der Waals surface area contributed by atoms with Crippen molar-refractivity contribution >= 4 is 29.5 Å². The predicted octanol–water partition coefficient (Wildman–Crippen LogP) is 1.78. The van der Waals surface area contributed by atoms with Gasteiger partial charge in [-0.3, -0.25) is 14.5 Å². The van der Waals surface area contributed by atoms with Gasteiger partial charge in [0.05, 0.1) is 26.4 Å². The van der Waals surface area contributed by atoms with Crippen molar-refractivity contribution < 1.29 is 24.2 Å². The molecular formula is C25H35N5O5S. The number of likely N-dealkylation sites (tertiary alicyclic amines) is 1. The fraction of sp³-hybridized carbons (Fsp3) is 0.520. The number of imidazole rings is 1. The number of carbonyl (C=O) groups excluding carboxylic acids is 2. The number of amides is 2. The molecule has 36 heavy (non-hydrogen) atoms. The maximum atomic E-state index is 13.0. The molecule has 3 N–H and O–H groups in total. The molecule has 0 radical (unpaired) electrons. The summed E-state index contributed by atoms with van der Waals surface area (Å²) in [4.78, 5) is 48.4. The fourth-order valence-corrected chi connectivity index (χ4v) is 4.96. The van der Waals surface area contributed by atoms with Gasteiger partial charge in [0.15, 0.2) is 0 Å². The maximum Gasteiger partial charge on any atom is 0.326 e. The minimum absolute atomic E-state index is 0.0141. The summed E-state index contributed by atoms with van der Waals surface area (Å²) >= 11 is 1.54. The lowest BCUT2D eigenvalue weighted by Gasteiger charge is -2.31. The third-order valence-electron chi connectivity index (χ3n) is 6.26. The first-order chi connectivity index (χ1) is 17.4. The van der Waals surface area contributed by atoms with Crippen molar-refractivity contribution in [1.29, 1.82) is 0 Å². The molecule has 1 saturated heterocycles. The lowest BCUT2D eigenvalue weighted by Crippen LogP contribution is -2.49. The molecule has 11 heteroatoms. The van der Waals surface area contributed by atoms with Crippen LogP contribution in [-0.4, -0.2) is 93.5 Å². The number of carboxylic acid groups (broad SMARTS) is 1. The molecule has 1 aliphatic heterocycles. The third kappa shape index (κ3) is 7.99. The standard InChI is InChI=1S/C25H35N5O5S/c1-35-22-8-4-3-6-18(22)14-29(16-23(31)28-21(25(33)34)9-11-36-2)15-20-7-5-10-30(20)24(32)12-19-13-26-17-27-19/h3-4,6,8,13,17,20-21H,5,7,9-12,14-16H2,1-2H3,(H,26,27)(H,28,31)(H,33,34). The number of para-hydroxylation sites is 1. The van der Waals surface area contributed by atoms with E-state index in [9.17, 15) is 19.5 Å². The van der Waals surface area contributed by atoms with E-state index in [1.54, 1.807) is 19.6 Å². The number of hydrogen-bond donors (Lipinski definition) is 3. The number of ether oxygens (including phenoxy) is 1. The molecule has 2 amide bonds. The summed E-state index contributed by atoms with van der Waals surface area (Å²) in [5, 5.41) is 12.2. The first kappa shape index (κ1) is 27.5. The Kier molecular flexibility index (Phi) is 10.6. The topological polar surface area (TPSA) is 128 Å². The molecule has 0 bridgehead atoms. The number of rotatable bonds is 14. The van der Waals surface area contributed by atoms with Crippen LogP contribution in [-0.2, 0) is 27.3 Å². The second kappa shape index (κ2) is 13.9. The summed E-state index contributed by atoms with van der Waals surface area (Å²) in [6.45, 7) is 1.60. The number of H-pyrrole nitrogens is 1. The second-order valence-corrected chi connectivity index (χ2v) is 9.84. The van der Waals surface area contributed by atoms with E-state index in [1.807, 2.05) is 40.3 Å². The molecule has 1 aromatic carbocycles. The molecule has 0 spiro atoms. The van der Waals surface area contributed by atoms with Gasteiger partial charge in [-0.15, -0.1) is 0 Å². The van der Waals surface area contributed by atoms with Gasteiger partial charge in [0.2, 0.25) is 11.8 Å². The average molecular weight is 518 g/mol. The van der Waals surface area contributed by atoms with Crippen LogP contribution in [0.5, 0.6) is 5.75 Å². The largest absolute Gasteiger partial charge is 0.496 e. The zero-order chi connectivity index (χ0) is 25.9. The zero-order valence-corrected chi connectivity index (χ0v) is 21.6. The van der Waals surface area contributed by atoms with E-state index in [2.05, 4.69) is 15.3 Å². The number of benzene rings is 1. The van der Waals surface area contributed by atoms with Crippen LogP contribution in [0.2, 0.25) is 0 Å². The van der Waals surface area contributed by atoms with Crippen LogP contribution in [0.15, 0.2) is 36.8 Å². The van der Waals surface area contributed by atoms with Gasteiger partial charge in [0.1, 0.15) is 11.8 Å². The summed E-state index contributed by atoms with van der Waals surface area (Å²) in [6.07, 6.45) is 7.44. The first-order valence-corrected chi connectivity index (χ1v) is 13.4. The molecule has 1 aromatic heterocycles.